The van der Waals surface area contributed by atoms with Crippen LogP contribution in [0.4, 0.5) is 11.5 Å². The van der Waals surface area contributed by atoms with E-state index < -0.39 is 20.7 Å². The average Bonchev–Trinajstić information content (AvgIpc) is 3.46. The first kappa shape index (κ1) is 32.0. The molecule has 2 heterocycles. The monoisotopic (exact) mass is 632 g/mol. The van der Waals surface area contributed by atoms with Gasteiger partial charge in [-0.1, -0.05) is 30.3 Å². The molecule has 0 aliphatic carbocycles. The number of aromatic nitrogens is 2. The number of hydrogen-bond acceptors (Lipinski definition) is 11. The van der Waals surface area contributed by atoms with Crippen LogP contribution >= 0.6 is 26.5 Å². The standard InChI is InChI=1S/C28H34N4O7P2S/c1-5-36-40(34,37-6-2)28(41(35,38-7-3)39-8-4)32-25-23-17-18-42-27(23)31-24(30-25)20-13-12-14-21(19-20)26(33)29-22-15-10-9-11-16-22/h9-19,28H,5-8H2,1-4H3,(H,29,33)(H,30,31,32). The van der Waals surface area contributed by atoms with Crippen LogP contribution in [-0.2, 0) is 27.2 Å². The molecule has 4 rings (SSSR count). The molecule has 42 heavy (non-hydrogen) atoms. The van der Waals surface area contributed by atoms with Crippen LogP contribution in [0.25, 0.3) is 21.6 Å². The summed E-state index contributed by atoms with van der Waals surface area (Å²) in [4.78, 5) is 23.0. The molecule has 0 saturated carbocycles. The van der Waals surface area contributed by atoms with Gasteiger partial charge < -0.3 is 28.7 Å². The largest absolute Gasteiger partial charge is 0.365 e. The van der Waals surface area contributed by atoms with Crippen molar-refractivity contribution in [2.24, 2.45) is 0 Å². The molecule has 0 aliphatic rings. The van der Waals surface area contributed by atoms with Crippen molar-refractivity contribution < 1.29 is 32.0 Å². The number of fused-ring (bicyclic) bond motifs is 1. The van der Waals surface area contributed by atoms with Gasteiger partial charge in [-0.05, 0) is 63.4 Å². The van der Waals surface area contributed by atoms with Gasteiger partial charge in [-0.2, -0.15) is 0 Å². The number of thiophene rings is 1. The Kier molecular flexibility index (Phi) is 11.0. The van der Waals surface area contributed by atoms with Gasteiger partial charge in [-0.3, -0.25) is 13.9 Å². The van der Waals surface area contributed by atoms with E-state index in [2.05, 4.69) is 10.6 Å². The number of rotatable bonds is 15. The average molecular weight is 633 g/mol. The predicted molar refractivity (Wildman–Crippen MR) is 166 cm³/mol. The third kappa shape index (κ3) is 7.33. The molecule has 2 aromatic heterocycles. The number of hydrogen-bond donors (Lipinski definition) is 2. The summed E-state index contributed by atoms with van der Waals surface area (Å²) >= 11 is 1.37. The van der Waals surface area contributed by atoms with Gasteiger partial charge in [0.15, 0.2) is 5.82 Å². The Balaban J connectivity index is 1.78. The lowest BCUT2D eigenvalue weighted by molar-refractivity contribution is 0.102. The Morgan fingerprint density at radius 2 is 1.45 bits per heavy atom. The molecule has 11 nitrogen and oxygen atoms in total. The molecule has 4 aromatic rings. The van der Waals surface area contributed by atoms with Crippen molar-refractivity contribution in [1.82, 2.24) is 9.97 Å². The number of nitrogens with zero attached hydrogens (tertiary/aromatic N) is 2. The first-order chi connectivity index (χ1) is 20.3. The Morgan fingerprint density at radius 3 is 2.05 bits per heavy atom. The molecule has 0 aliphatic heterocycles. The lowest BCUT2D eigenvalue weighted by Gasteiger charge is -2.32. The Morgan fingerprint density at radius 1 is 0.833 bits per heavy atom. The molecule has 2 aromatic carbocycles. The molecule has 0 fully saturated rings. The van der Waals surface area contributed by atoms with E-state index in [0.29, 0.717) is 32.9 Å². The second-order valence-corrected chi connectivity index (χ2v) is 14.2. The number of nitrogens with one attached hydrogen (secondary N) is 2. The number of benzene rings is 2. The molecule has 0 bridgehead atoms. The minimum atomic E-state index is -4.11. The summed E-state index contributed by atoms with van der Waals surface area (Å²) in [6.45, 7) is 6.79. The SMILES string of the molecule is CCOP(=O)(OCC)C(Nc1nc(-c2cccc(C(=O)Nc3ccccc3)c2)nc2sccc12)P(=O)(OCC)OCC. The third-order valence-corrected chi connectivity index (χ3v) is 12.3. The van der Waals surface area contributed by atoms with Gasteiger partial charge in [0.2, 0.25) is 5.52 Å². The smallest absolute Gasteiger partial charge is 0.346 e. The van der Waals surface area contributed by atoms with Gasteiger partial charge >= 0.3 is 15.2 Å². The van der Waals surface area contributed by atoms with Crippen LogP contribution in [0.2, 0.25) is 0 Å². The lowest BCUT2D eigenvalue weighted by atomic mass is 10.1. The van der Waals surface area contributed by atoms with Crippen LogP contribution in [0.15, 0.2) is 66.0 Å². The maximum atomic E-state index is 14.1. The first-order valence-corrected chi connectivity index (χ1v) is 17.6. The number of carbonyl (C=O) groups excluding carboxylic acids is 1. The van der Waals surface area contributed by atoms with Gasteiger partial charge in [-0.25, -0.2) is 9.97 Å². The summed E-state index contributed by atoms with van der Waals surface area (Å²) in [5.41, 5.74) is 0.135. The predicted octanol–water partition coefficient (Wildman–Crippen LogP) is 7.84. The van der Waals surface area contributed by atoms with Crippen LogP contribution in [0, 0.1) is 0 Å². The summed E-state index contributed by atoms with van der Waals surface area (Å²) in [7, 11) is -8.22. The highest BCUT2D eigenvalue weighted by Gasteiger charge is 2.51. The molecular weight excluding hydrogens is 598 g/mol. The van der Waals surface area contributed by atoms with Crippen molar-refractivity contribution in [2.45, 2.75) is 33.2 Å². The van der Waals surface area contributed by atoms with Gasteiger partial charge in [0, 0.05) is 16.8 Å². The van der Waals surface area contributed by atoms with Gasteiger partial charge in [0.25, 0.3) is 5.91 Å². The fraction of sp³-hybridized carbons (Fsp3) is 0.321. The van der Waals surface area contributed by atoms with Crippen LogP contribution < -0.4 is 10.6 Å². The van der Waals surface area contributed by atoms with Crippen molar-refractivity contribution in [1.29, 1.82) is 0 Å². The zero-order valence-corrected chi connectivity index (χ0v) is 26.4. The summed E-state index contributed by atoms with van der Waals surface area (Å²) in [6, 6.07) is 17.8. The Labute approximate surface area is 249 Å². The van der Waals surface area contributed by atoms with E-state index in [1.807, 2.05) is 23.6 Å². The van der Waals surface area contributed by atoms with Crippen LogP contribution in [0.5, 0.6) is 0 Å². The number of carbonyl (C=O) groups is 1. The highest BCUT2D eigenvalue weighted by molar-refractivity contribution is 7.73. The molecule has 2 N–H and O–H groups in total. The van der Waals surface area contributed by atoms with Crippen molar-refractivity contribution in [3.63, 3.8) is 0 Å². The zero-order chi connectivity index (χ0) is 30.2. The lowest BCUT2D eigenvalue weighted by Crippen LogP contribution is -2.26. The minimum Gasteiger partial charge on any atom is -0.346 e. The van der Waals surface area contributed by atoms with Crippen LogP contribution in [0.1, 0.15) is 38.1 Å². The van der Waals surface area contributed by atoms with Gasteiger partial charge in [0.05, 0.1) is 31.8 Å². The normalized spacial score (nSPS) is 12.1. The number of para-hydroxylation sites is 1. The number of amides is 1. The second kappa shape index (κ2) is 14.5. The van der Waals surface area contributed by atoms with Gasteiger partial charge in [0.1, 0.15) is 10.6 Å². The zero-order valence-electron chi connectivity index (χ0n) is 23.8. The summed E-state index contributed by atoms with van der Waals surface area (Å²) in [6.07, 6.45) is 0. The molecule has 14 heteroatoms. The maximum Gasteiger partial charge on any atom is 0.365 e. The van der Waals surface area contributed by atoms with E-state index in [4.69, 9.17) is 28.1 Å². The van der Waals surface area contributed by atoms with Crippen molar-refractivity contribution in [3.05, 3.63) is 71.6 Å². The van der Waals surface area contributed by atoms with Crippen molar-refractivity contribution in [3.8, 4) is 11.4 Å². The van der Waals surface area contributed by atoms with E-state index >= 15 is 0 Å². The summed E-state index contributed by atoms with van der Waals surface area (Å²) in [5.74, 6) is 0.243. The molecule has 0 unspecified atom stereocenters. The van der Waals surface area contributed by atoms with Crippen molar-refractivity contribution in [2.75, 3.05) is 37.1 Å². The van der Waals surface area contributed by atoms with E-state index in [1.54, 1.807) is 70.2 Å². The first-order valence-electron chi connectivity index (χ1n) is 13.5. The summed E-state index contributed by atoms with van der Waals surface area (Å²) in [5, 5.41) is 8.37. The fourth-order valence-corrected chi connectivity index (χ4v) is 9.81. The molecule has 1 amide bonds. The summed E-state index contributed by atoms with van der Waals surface area (Å²) < 4.78 is 50.6. The molecule has 224 valence electrons. The molecule has 0 saturated heterocycles. The highest BCUT2D eigenvalue weighted by Crippen LogP contribution is 2.70. The molecule has 0 atom stereocenters. The molecular formula is C28H34N4O7P2S. The topological polar surface area (TPSA) is 138 Å². The molecule has 0 radical (unpaired) electrons. The van der Waals surface area contributed by atoms with E-state index in [1.165, 1.54) is 11.3 Å². The molecule has 0 spiro atoms. The quantitative estimate of drug-likeness (QED) is 0.125. The minimum absolute atomic E-state index is 0.0361. The Bertz CT molecular complexity index is 1550. The van der Waals surface area contributed by atoms with E-state index in [-0.39, 0.29) is 38.2 Å². The van der Waals surface area contributed by atoms with Crippen LogP contribution in [-0.4, -0.2) is 47.8 Å². The second-order valence-electron chi connectivity index (χ2n) is 8.70. The number of anilines is 2. The van der Waals surface area contributed by atoms with E-state index in [0.717, 1.165) is 0 Å². The Hall–Kier alpha value is -2.95. The highest BCUT2D eigenvalue weighted by atomic mass is 32.1. The fourth-order valence-electron chi connectivity index (χ4n) is 4.15. The maximum absolute atomic E-state index is 14.1. The van der Waals surface area contributed by atoms with Gasteiger partial charge in [-0.15, -0.1) is 11.3 Å². The van der Waals surface area contributed by atoms with Crippen molar-refractivity contribution >= 4 is 54.2 Å². The van der Waals surface area contributed by atoms with Crippen LogP contribution in [0.3, 0.4) is 0 Å². The van der Waals surface area contributed by atoms with E-state index in [9.17, 15) is 13.9 Å². The third-order valence-electron chi connectivity index (χ3n) is 5.84.